The fraction of sp³-hybridized carbons (Fsp3) is 0.318. The molecule has 1 aliphatic rings. The first-order valence-electron chi connectivity index (χ1n) is 10.7. The van der Waals surface area contributed by atoms with E-state index in [1.807, 2.05) is 24.4 Å². The molecule has 0 radical (unpaired) electrons. The smallest absolute Gasteiger partial charge is 0.240 e. The summed E-state index contributed by atoms with van der Waals surface area (Å²) in [5.74, 6) is 0.358. The van der Waals surface area contributed by atoms with E-state index in [1.165, 1.54) is 32.6 Å². The molecule has 4 aromatic rings. The van der Waals surface area contributed by atoms with Crippen LogP contribution in [0.1, 0.15) is 38.1 Å². The van der Waals surface area contributed by atoms with Crippen LogP contribution in [0.2, 0.25) is 0 Å². The average Bonchev–Trinajstić information content (AvgIpc) is 3.45. The number of nitrogen functional groups attached to an aromatic ring is 1. The topological polar surface area (TPSA) is 120 Å². The van der Waals surface area contributed by atoms with Crippen LogP contribution in [0, 0.1) is 0 Å². The summed E-state index contributed by atoms with van der Waals surface area (Å²) in [7, 11) is -2.18. The van der Waals surface area contributed by atoms with Crippen LogP contribution in [0.4, 0.5) is 5.82 Å². The summed E-state index contributed by atoms with van der Waals surface area (Å²) in [5, 5.41) is 9.06. The van der Waals surface area contributed by atoms with Gasteiger partial charge < -0.3 is 5.73 Å². The van der Waals surface area contributed by atoms with Gasteiger partial charge in [0.05, 0.1) is 22.3 Å². The quantitative estimate of drug-likeness (QED) is 0.481. The molecule has 3 heterocycles. The van der Waals surface area contributed by atoms with Crippen LogP contribution >= 0.6 is 0 Å². The van der Waals surface area contributed by atoms with Gasteiger partial charge in [0.2, 0.25) is 10.0 Å². The Bertz CT molecular complexity index is 1380. The molecule has 32 heavy (non-hydrogen) atoms. The third-order valence-electron chi connectivity index (χ3n) is 6.16. The van der Waals surface area contributed by atoms with E-state index in [0.717, 1.165) is 29.8 Å². The summed E-state index contributed by atoms with van der Waals surface area (Å²) in [5.41, 5.74) is 10.3. The molecule has 1 aliphatic carbocycles. The summed E-state index contributed by atoms with van der Waals surface area (Å²) >= 11 is 0. The van der Waals surface area contributed by atoms with Crippen molar-refractivity contribution in [2.75, 3.05) is 12.8 Å². The molecule has 0 unspecified atom stereocenters. The molecular weight excluding hydrogens is 426 g/mol. The molecule has 1 aromatic carbocycles. The van der Waals surface area contributed by atoms with E-state index < -0.39 is 10.0 Å². The monoisotopic (exact) mass is 451 g/mol. The van der Waals surface area contributed by atoms with Crippen molar-refractivity contribution in [3.63, 3.8) is 0 Å². The molecule has 1 fully saturated rings. The van der Waals surface area contributed by atoms with Gasteiger partial charge in [-0.2, -0.15) is 10.2 Å². The first-order valence-corrected chi connectivity index (χ1v) is 12.2. The highest BCUT2D eigenvalue weighted by atomic mass is 32.2. The minimum Gasteiger partial charge on any atom is -0.382 e. The molecular formula is C22H25N7O2S. The number of hydrogen-bond acceptors (Lipinski definition) is 6. The highest BCUT2D eigenvalue weighted by Crippen LogP contribution is 2.38. The van der Waals surface area contributed by atoms with Gasteiger partial charge in [-0.3, -0.25) is 4.68 Å². The molecule has 9 nitrogen and oxygen atoms in total. The molecule has 0 aliphatic heterocycles. The summed E-state index contributed by atoms with van der Waals surface area (Å²) in [6.07, 6.45) is 9.08. The molecule has 0 saturated heterocycles. The maximum Gasteiger partial charge on any atom is 0.240 e. The van der Waals surface area contributed by atoms with Gasteiger partial charge in [0.15, 0.2) is 5.82 Å². The Morgan fingerprint density at radius 1 is 1.06 bits per heavy atom. The predicted molar refractivity (Wildman–Crippen MR) is 122 cm³/mol. The van der Waals surface area contributed by atoms with Gasteiger partial charge in [0.1, 0.15) is 11.8 Å². The van der Waals surface area contributed by atoms with Gasteiger partial charge in [-0.25, -0.2) is 22.6 Å². The van der Waals surface area contributed by atoms with Crippen LogP contribution in [0.25, 0.3) is 28.0 Å². The predicted octanol–water partition coefficient (Wildman–Crippen LogP) is 3.26. The number of benzene rings is 1. The summed E-state index contributed by atoms with van der Waals surface area (Å²) < 4.78 is 30.9. The number of nitrogens with one attached hydrogen (secondary N) is 1. The lowest BCUT2D eigenvalue weighted by Crippen LogP contribution is -2.18. The molecule has 0 spiro atoms. The van der Waals surface area contributed by atoms with Crippen molar-refractivity contribution in [3.8, 4) is 22.5 Å². The SMILES string of the molecule is CNS(=O)(=O)c1cccc(-c2cc(-c3ccnn3C3CCCCC3)c3c(N)ncnn23)c1. The molecule has 3 N–H and O–H groups in total. The maximum absolute atomic E-state index is 12.3. The second-order valence-corrected chi connectivity index (χ2v) is 9.92. The molecule has 5 rings (SSSR count). The Kier molecular flexibility index (Phi) is 5.18. The van der Waals surface area contributed by atoms with Crippen molar-refractivity contribution < 1.29 is 8.42 Å². The maximum atomic E-state index is 12.3. The number of nitrogens with two attached hydrogens (primary N) is 1. The Balaban J connectivity index is 1.70. The third-order valence-corrected chi connectivity index (χ3v) is 7.57. The zero-order chi connectivity index (χ0) is 22.3. The average molecular weight is 452 g/mol. The van der Waals surface area contributed by atoms with E-state index >= 15 is 0 Å². The van der Waals surface area contributed by atoms with E-state index in [4.69, 9.17) is 5.73 Å². The Morgan fingerprint density at radius 2 is 1.88 bits per heavy atom. The minimum absolute atomic E-state index is 0.184. The van der Waals surface area contributed by atoms with Gasteiger partial charge >= 0.3 is 0 Å². The van der Waals surface area contributed by atoms with Crippen LogP contribution in [0.3, 0.4) is 0 Å². The number of fused-ring (bicyclic) bond motifs is 1. The van der Waals surface area contributed by atoms with E-state index in [1.54, 1.807) is 22.7 Å². The number of hydrogen-bond donors (Lipinski definition) is 2. The van der Waals surface area contributed by atoms with Gasteiger partial charge in [-0.05, 0) is 44.2 Å². The van der Waals surface area contributed by atoms with E-state index in [9.17, 15) is 8.42 Å². The van der Waals surface area contributed by atoms with Gasteiger partial charge in [0.25, 0.3) is 0 Å². The molecule has 0 atom stereocenters. The first kappa shape index (κ1) is 20.7. The molecule has 0 amide bonds. The fourth-order valence-corrected chi connectivity index (χ4v) is 5.33. The van der Waals surface area contributed by atoms with Crippen molar-refractivity contribution in [2.24, 2.45) is 0 Å². The number of nitrogens with zero attached hydrogens (tertiary/aromatic N) is 5. The number of anilines is 1. The summed E-state index contributed by atoms with van der Waals surface area (Å²) in [6.45, 7) is 0. The minimum atomic E-state index is -3.58. The molecule has 0 bridgehead atoms. The largest absolute Gasteiger partial charge is 0.382 e. The van der Waals surface area contributed by atoms with Crippen molar-refractivity contribution in [1.82, 2.24) is 29.1 Å². The van der Waals surface area contributed by atoms with Crippen molar-refractivity contribution in [2.45, 2.75) is 43.0 Å². The molecule has 166 valence electrons. The van der Waals surface area contributed by atoms with Crippen LogP contribution in [-0.2, 0) is 10.0 Å². The number of sulfonamides is 1. The Labute approximate surface area is 186 Å². The highest BCUT2D eigenvalue weighted by Gasteiger charge is 2.24. The van der Waals surface area contributed by atoms with Crippen LogP contribution < -0.4 is 10.5 Å². The van der Waals surface area contributed by atoms with E-state index in [0.29, 0.717) is 22.9 Å². The number of aromatic nitrogens is 5. The Morgan fingerprint density at radius 3 is 2.66 bits per heavy atom. The lowest BCUT2D eigenvalue weighted by Gasteiger charge is -2.23. The summed E-state index contributed by atoms with van der Waals surface area (Å²) in [6, 6.07) is 11.1. The standard InChI is InChI=1S/C22H25N7O2S/c1-24-32(30,31)17-9-5-6-15(12-17)20-13-18(21-22(23)25-14-27-29(20)21)19-10-11-26-28(19)16-7-3-2-4-8-16/h5-6,9-14,16,24H,2-4,7-8H2,1H3,(H2,23,25,27). The Hall–Kier alpha value is -3.24. The lowest BCUT2D eigenvalue weighted by atomic mass is 9.95. The molecule has 3 aromatic heterocycles. The van der Waals surface area contributed by atoms with E-state index in [2.05, 4.69) is 24.6 Å². The zero-order valence-corrected chi connectivity index (χ0v) is 18.6. The van der Waals surface area contributed by atoms with Crippen molar-refractivity contribution in [1.29, 1.82) is 0 Å². The van der Waals surface area contributed by atoms with Crippen molar-refractivity contribution in [3.05, 3.63) is 48.9 Å². The van der Waals surface area contributed by atoms with E-state index in [-0.39, 0.29) is 4.90 Å². The highest BCUT2D eigenvalue weighted by molar-refractivity contribution is 7.89. The molecule has 10 heteroatoms. The van der Waals surface area contributed by atoms with Gasteiger partial charge in [0, 0.05) is 17.3 Å². The van der Waals surface area contributed by atoms with Gasteiger partial charge in [-0.1, -0.05) is 31.4 Å². The fourth-order valence-electron chi connectivity index (χ4n) is 4.55. The second kappa shape index (κ2) is 8.03. The zero-order valence-electron chi connectivity index (χ0n) is 17.8. The molecule has 1 saturated carbocycles. The van der Waals surface area contributed by atoms with Crippen LogP contribution in [-0.4, -0.2) is 39.8 Å². The van der Waals surface area contributed by atoms with Gasteiger partial charge in [-0.15, -0.1) is 0 Å². The first-order chi connectivity index (χ1) is 15.5. The normalized spacial score (nSPS) is 15.4. The van der Waals surface area contributed by atoms with Crippen LogP contribution in [0.5, 0.6) is 0 Å². The van der Waals surface area contributed by atoms with Crippen LogP contribution in [0.15, 0.2) is 53.8 Å². The third kappa shape index (κ3) is 3.45. The number of rotatable bonds is 5. The second-order valence-electron chi connectivity index (χ2n) is 8.04. The van der Waals surface area contributed by atoms with Crippen molar-refractivity contribution >= 4 is 21.4 Å². The lowest BCUT2D eigenvalue weighted by molar-refractivity contribution is 0.332. The summed E-state index contributed by atoms with van der Waals surface area (Å²) in [4.78, 5) is 4.39.